The van der Waals surface area contributed by atoms with E-state index in [-0.39, 0.29) is 11.7 Å². The molecule has 8 heteroatoms. The molecule has 0 radical (unpaired) electrons. The van der Waals surface area contributed by atoms with Crippen LogP contribution in [0, 0.1) is 25.6 Å². The Hall–Kier alpha value is -2.74. The number of rotatable bonds is 3. The van der Waals surface area contributed by atoms with Gasteiger partial charge in [-0.2, -0.15) is 0 Å². The first kappa shape index (κ1) is 22.1. The summed E-state index contributed by atoms with van der Waals surface area (Å²) in [6.45, 7) is 11.0. The fourth-order valence-corrected chi connectivity index (χ4v) is 6.03. The van der Waals surface area contributed by atoms with Crippen LogP contribution in [0.25, 0.3) is 10.2 Å². The van der Waals surface area contributed by atoms with Crippen molar-refractivity contribution in [2.75, 3.05) is 49.1 Å². The van der Waals surface area contributed by atoms with E-state index in [0.717, 1.165) is 82.9 Å². The predicted octanol–water partition coefficient (Wildman–Crippen LogP) is 4.65. The number of amides is 1. The van der Waals surface area contributed by atoms with Crippen molar-refractivity contribution in [2.45, 2.75) is 33.6 Å². The number of carbonyl (C=O) groups excluding carboxylic acids is 1. The summed E-state index contributed by atoms with van der Waals surface area (Å²) in [5, 5.41) is 1.04. The van der Waals surface area contributed by atoms with E-state index in [1.807, 2.05) is 18.7 Å². The number of anilines is 2. The molecule has 2 fully saturated rings. The van der Waals surface area contributed by atoms with Gasteiger partial charge in [0.05, 0.1) is 10.3 Å². The molecule has 6 nitrogen and oxygen atoms in total. The van der Waals surface area contributed by atoms with Gasteiger partial charge < -0.3 is 14.7 Å². The van der Waals surface area contributed by atoms with Gasteiger partial charge in [0, 0.05) is 45.0 Å². The SMILES string of the molecule is Cc1nc(N2CCC(C)CC2)c2c(C)c(C(=O)N3CCN(c4ccc(F)cc4)CC3)sc2n1. The van der Waals surface area contributed by atoms with Crippen molar-refractivity contribution in [3.63, 3.8) is 0 Å². The van der Waals surface area contributed by atoms with E-state index in [1.165, 1.54) is 23.5 Å². The number of aryl methyl sites for hydroxylation is 2. The third-order valence-electron chi connectivity index (χ3n) is 6.92. The van der Waals surface area contributed by atoms with Crippen LogP contribution in [0.1, 0.15) is 40.8 Å². The first-order valence-electron chi connectivity index (χ1n) is 11.7. The van der Waals surface area contributed by atoms with Gasteiger partial charge in [0.15, 0.2) is 0 Å². The molecular weight excluding hydrogens is 437 g/mol. The first-order valence-corrected chi connectivity index (χ1v) is 12.5. The van der Waals surface area contributed by atoms with Crippen molar-refractivity contribution in [3.8, 4) is 0 Å². The van der Waals surface area contributed by atoms with E-state index in [2.05, 4.69) is 21.7 Å². The Labute approximate surface area is 198 Å². The van der Waals surface area contributed by atoms with Crippen molar-refractivity contribution < 1.29 is 9.18 Å². The molecule has 0 N–H and O–H groups in total. The maximum atomic E-state index is 13.5. The number of hydrogen-bond acceptors (Lipinski definition) is 6. The molecule has 2 aliphatic rings. The summed E-state index contributed by atoms with van der Waals surface area (Å²) in [7, 11) is 0. The molecule has 1 amide bonds. The minimum Gasteiger partial charge on any atom is -0.368 e. The number of thiophene rings is 1. The number of piperidine rings is 1. The van der Waals surface area contributed by atoms with Crippen LogP contribution >= 0.6 is 11.3 Å². The largest absolute Gasteiger partial charge is 0.368 e. The fourth-order valence-electron chi connectivity index (χ4n) is 4.84. The minimum atomic E-state index is -0.232. The van der Waals surface area contributed by atoms with Gasteiger partial charge in [-0.15, -0.1) is 11.3 Å². The molecule has 0 unspecified atom stereocenters. The normalized spacial score (nSPS) is 17.8. The molecule has 3 aromatic rings. The van der Waals surface area contributed by atoms with Gasteiger partial charge in [-0.3, -0.25) is 4.79 Å². The number of halogens is 1. The molecule has 0 saturated carbocycles. The molecule has 0 atom stereocenters. The van der Waals surface area contributed by atoms with Crippen LogP contribution in [-0.2, 0) is 0 Å². The Kier molecular flexibility index (Phi) is 5.95. The second-order valence-corrected chi connectivity index (χ2v) is 10.3. The van der Waals surface area contributed by atoms with Crippen molar-refractivity contribution >= 4 is 39.0 Å². The lowest BCUT2D eigenvalue weighted by atomic mass is 9.99. The quantitative estimate of drug-likeness (QED) is 0.561. The van der Waals surface area contributed by atoms with Gasteiger partial charge in [-0.05, 0) is 62.4 Å². The van der Waals surface area contributed by atoms with Crippen molar-refractivity contribution in [3.05, 3.63) is 46.3 Å². The maximum Gasteiger partial charge on any atom is 0.264 e. The first-order chi connectivity index (χ1) is 15.9. The van der Waals surface area contributed by atoms with E-state index >= 15 is 0 Å². The molecule has 0 aliphatic carbocycles. The highest BCUT2D eigenvalue weighted by molar-refractivity contribution is 7.20. The average molecular weight is 468 g/mol. The lowest BCUT2D eigenvalue weighted by molar-refractivity contribution is 0.0751. The number of fused-ring (bicyclic) bond motifs is 1. The number of carbonyl (C=O) groups is 1. The topological polar surface area (TPSA) is 52.6 Å². The monoisotopic (exact) mass is 467 g/mol. The summed E-state index contributed by atoms with van der Waals surface area (Å²) in [6, 6.07) is 6.56. The summed E-state index contributed by atoms with van der Waals surface area (Å²) in [5.41, 5.74) is 1.99. The molecule has 0 bridgehead atoms. The molecule has 174 valence electrons. The smallest absolute Gasteiger partial charge is 0.264 e. The zero-order chi connectivity index (χ0) is 23.1. The van der Waals surface area contributed by atoms with Crippen LogP contribution in [0.15, 0.2) is 24.3 Å². The summed E-state index contributed by atoms with van der Waals surface area (Å²) in [5.74, 6) is 2.33. The van der Waals surface area contributed by atoms with Crippen LogP contribution in [0.2, 0.25) is 0 Å². The molecule has 2 aliphatic heterocycles. The predicted molar refractivity (Wildman–Crippen MR) is 132 cm³/mol. The van der Waals surface area contributed by atoms with Gasteiger partial charge in [0.1, 0.15) is 22.3 Å². The van der Waals surface area contributed by atoms with Gasteiger partial charge in [-0.1, -0.05) is 6.92 Å². The molecule has 2 saturated heterocycles. The van der Waals surface area contributed by atoms with Crippen LogP contribution in [0.3, 0.4) is 0 Å². The highest BCUT2D eigenvalue weighted by Crippen LogP contribution is 2.37. The van der Waals surface area contributed by atoms with E-state index in [1.54, 1.807) is 12.1 Å². The molecule has 4 heterocycles. The van der Waals surface area contributed by atoms with Crippen molar-refractivity contribution in [1.29, 1.82) is 0 Å². The number of nitrogens with zero attached hydrogens (tertiary/aromatic N) is 5. The Morgan fingerprint density at radius 2 is 1.64 bits per heavy atom. The van der Waals surface area contributed by atoms with Crippen LogP contribution in [0.5, 0.6) is 0 Å². The zero-order valence-electron chi connectivity index (χ0n) is 19.5. The van der Waals surface area contributed by atoms with Gasteiger partial charge in [-0.25, -0.2) is 14.4 Å². The van der Waals surface area contributed by atoms with Crippen LogP contribution < -0.4 is 9.80 Å². The average Bonchev–Trinajstić information content (AvgIpc) is 3.15. The third-order valence-corrected chi connectivity index (χ3v) is 8.09. The van der Waals surface area contributed by atoms with Crippen LogP contribution in [-0.4, -0.2) is 60.0 Å². The maximum absolute atomic E-state index is 13.5. The molecule has 0 spiro atoms. The Bertz CT molecular complexity index is 1160. The summed E-state index contributed by atoms with van der Waals surface area (Å²) in [6.07, 6.45) is 2.33. The van der Waals surface area contributed by atoms with Crippen molar-refractivity contribution in [1.82, 2.24) is 14.9 Å². The summed E-state index contributed by atoms with van der Waals surface area (Å²) in [4.78, 5) is 31.2. The molecule has 1 aromatic carbocycles. The number of hydrogen-bond donors (Lipinski definition) is 0. The van der Waals surface area contributed by atoms with Crippen LogP contribution in [0.4, 0.5) is 15.9 Å². The highest BCUT2D eigenvalue weighted by Gasteiger charge is 2.28. The second kappa shape index (κ2) is 8.89. The molecular formula is C25H30FN5OS. The zero-order valence-corrected chi connectivity index (χ0v) is 20.3. The molecule has 33 heavy (non-hydrogen) atoms. The van der Waals surface area contributed by atoms with E-state index in [4.69, 9.17) is 4.98 Å². The Morgan fingerprint density at radius 1 is 0.970 bits per heavy atom. The summed E-state index contributed by atoms with van der Waals surface area (Å²) < 4.78 is 13.2. The lowest BCUT2D eigenvalue weighted by Gasteiger charge is -2.36. The Morgan fingerprint density at radius 3 is 2.30 bits per heavy atom. The van der Waals surface area contributed by atoms with Crippen molar-refractivity contribution in [2.24, 2.45) is 5.92 Å². The number of piperazine rings is 1. The highest BCUT2D eigenvalue weighted by atomic mass is 32.1. The lowest BCUT2D eigenvalue weighted by Crippen LogP contribution is -2.48. The Balaban J connectivity index is 1.37. The molecule has 5 rings (SSSR count). The van der Waals surface area contributed by atoms with Gasteiger partial charge in [0.25, 0.3) is 5.91 Å². The minimum absolute atomic E-state index is 0.0742. The number of benzene rings is 1. The van der Waals surface area contributed by atoms with E-state index in [9.17, 15) is 9.18 Å². The van der Waals surface area contributed by atoms with Gasteiger partial charge in [0.2, 0.25) is 0 Å². The van der Waals surface area contributed by atoms with Gasteiger partial charge >= 0.3 is 0 Å². The fraction of sp³-hybridized carbons (Fsp3) is 0.480. The second-order valence-electron chi connectivity index (χ2n) is 9.26. The standard InChI is InChI=1S/C25H30FN5OS/c1-16-8-10-30(11-9-16)23-21-17(2)22(33-24(21)28-18(3)27-23)25(32)31-14-12-29(13-15-31)20-6-4-19(26)5-7-20/h4-7,16H,8-15H2,1-3H3. The molecule has 2 aromatic heterocycles. The summed E-state index contributed by atoms with van der Waals surface area (Å²) >= 11 is 1.49. The van der Waals surface area contributed by atoms with E-state index < -0.39 is 0 Å². The van der Waals surface area contributed by atoms with E-state index in [0.29, 0.717) is 13.1 Å². The number of aromatic nitrogens is 2. The third kappa shape index (κ3) is 4.28.